The zero-order chi connectivity index (χ0) is 15.7. The predicted molar refractivity (Wildman–Crippen MR) is 88.9 cm³/mol. The van der Waals surface area contributed by atoms with Crippen molar-refractivity contribution in [2.45, 2.75) is 63.8 Å². The Kier molecular flexibility index (Phi) is 7.68. The monoisotopic (exact) mass is 309 g/mol. The number of hydrogen-bond donors (Lipinski definition) is 1. The Hall–Kier alpha value is -1.13. The fourth-order valence-electron chi connectivity index (χ4n) is 2.00. The molecule has 118 valence electrons. The van der Waals surface area contributed by atoms with Crippen molar-refractivity contribution in [2.24, 2.45) is 0 Å². The molecule has 1 unspecified atom stereocenters. The molecule has 1 rings (SSSR count). The third-order valence-corrected chi connectivity index (χ3v) is 4.99. The molecule has 0 saturated heterocycles. The van der Waals surface area contributed by atoms with Crippen LogP contribution >= 0.6 is 0 Å². The molecule has 1 atom stereocenters. The minimum atomic E-state index is -3.42. The standard InChI is InChI=1S/C17H27NO2S/c1-4-6-7-8-9-10-16(5-2)18-21(19,20)17-13-11-15(3)12-14-17/h8-9,11-14,16,18H,4-7,10H2,1-3H3/b9-8+. The molecule has 0 aliphatic heterocycles. The van der Waals surface area contributed by atoms with Crippen molar-refractivity contribution in [3.05, 3.63) is 42.0 Å². The van der Waals surface area contributed by atoms with Crippen LogP contribution in [0, 0.1) is 6.92 Å². The first-order chi connectivity index (χ1) is 9.99. The van der Waals surface area contributed by atoms with Gasteiger partial charge in [0.1, 0.15) is 0 Å². The third-order valence-electron chi connectivity index (χ3n) is 3.46. The number of sulfonamides is 1. The molecular weight excluding hydrogens is 282 g/mol. The maximum Gasteiger partial charge on any atom is 0.240 e. The van der Waals surface area contributed by atoms with Gasteiger partial charge in [0.25, 0.3) is 0 Å². The second kappa shape index (κ2) is 9.00. The lowest BCUT2D eigenvalue weighted by Crippen LogP contribution is -2.34. The van der Waals surface area contributed by atoms with Gasteiger partial charge in [0, 0.05) is 6.04 Å². The lowest BCUT2D eigenvalue weighted by Gasteiger charge is -2.15. The summed E-state index contributed by atoms with van der Waals surface area (Å²) < 4.78 is 27.4. The van der Waals surface area contributed by atoms with Crippen LogP contribution in [0.15, 0.2) is 41.3 Å². The maximum absolute atomic E-state index is 12.3. The van der Waals surface area contributed by atoms with E-state index in [1.165, 1.54) is 12.8 Å². The van der Waals surface area contributed by atoms with Crippen LogP contribution in [0.1, 0.15) is 51.5 Å². The highest BCUT2D eigenvalue weighted by molar-refractivity contribution is 7.89. The van der Waals surface area contributed by atoms with E-state index in [1.807, 2.05) is 26.0 Å². The quantitative estimate of drug-likeness (QED) is 0.549. The molecule has 0 spiro atoms. The minimum Gasteiger partial charge on any atom is -0.208 e. The van der Waals surface area contributed by atoms with Crippen LogP contribution in [0.2, 0.25) is 0 Å². The fourth-order valence-corrected chi connectivity index (χ4v) is 3.34. The van der Waals surface area contributed by atoms with E-state index >= 15 is 0 Å². The molecule has 0 radical (unpaired) electrons. The van der Waals surface area contributed by atoms with Crippen molar-refractivity contribution in [1.29, 1.82) is 0 Å². The van der Waals surface area contributed by atoms with Crippen molar-refractivity contribution in [3.63, 3.8) is 0 Å². The van der Waals surface area contributed by atoms with Gasteiger partial charge in [-0.3, -0.25) is 0 Å². The van der Waals surface area contributed by atoms with E-state index < -0.39 is 10.0 Å². The Morgan fingerprint density at radius 1 is 1.14 bits per heavy atom. The van der Waals surface area contributed by atoms with E-state index in [-0.39, 0.29) is 6.04 Å². The maximum atomic E-state index is 12.3. The van der Waals surface area contributed by atoms with E-state index in [2.05, 4.69) is 23.8 Å². The molecule has 0 aliphatic rings. The van der Waals surface area contributed by atoms with Gasteiger partial charge >= 0.3 is 0 Å². The van der Waals surface area contributed by atoms with Crippen LogP contribution in [0.3, 0.4) is 0 Å². The van der Waals surface area contributed by atoms with E-state index in [0.717, 1.165) is 24.8 Å². The second-order valence-corrected chi connectivity index (χ2v) is 7.10. The summed E-state index contributed by atoms with van der Waals surface area (Å²) in [4.78, 5) is 0.335. The van der Waals surface area contributed by atoms with E-state index in [4.69, 9.17) is 0 Å². The van der Waals surface area contributed by atoms with Gasteiger partial charge in [-0.1, -0.05) is 56.5 Å². The molecule has 0 saturated carbocycles. The highest BCUT2D eigenvalue weighted by Gasteiger charge is 2.17. The highest BCUT2D eigenvalue weighted by Crippen LogP contribution is 2.12. The molecule has 0 fully saturated rings. The van der Waals surface area contributed by atoms with Crippen molar-refractivity contribution < 1.29 is 8.42 Å². The van der Waals surface area contributed by atoms with E-state index in [1.54, 1.807) is 12.1 Å². The largest absolute Gasteiger partial charge is 0.240 e. The fraction of sp³-hybridized carbons (Fsp3) is 0.529. The lowest BCUT2D eigenvalue weighted by atomic mass is 10.1. The normalized spacial score (nSPS) is 13.7. The van der Waals surface area contributed by atoms with Crippen molar-refractivity contribution >= 4 is 10.0 Å². The Labute approximate surface area is 129 Å². The average Bonchev–Trinajstić information content (AvgIpc) is 2.46. The molecule has 0 heterocycles. The Bertz CT molecular complexity index is 532. The van der Waals surface area contributed by atoms with Gasteiger partial charge in [-0.2, -0.15) is 0 Å². The highest BCUT2D eigenvalue weighted by atomic mass is 32.2. The molecule has 1 aromatic carbocycles. The van der Waals surface area contributed by atoms with E-state index in [9.17, 15) is 8.42 Å². The van der Waals surface area contributed by atoms with Crippen molar-refractivity contribution in [2.75, 3.05) is 0 Å². The van der Waals surface area contributed by atoms with Gasteiger partial charge in [0.2, 0.25) is 10.0 Å². The molecule has 21 heavy (non-hydrogen) atoms. The molecule has 0 aromatic heterocycles. The summed E-state index contributed by atoms with van der Waals surface area (Å²) in [6.45, 7) is 6.11. The zero-order valence-electron chi connectivity index (χ0n) is 13.3. The van der Waals surface area contributed by atoms with Gasteiger partial charge < -0.3 is 0 Å². The van der Waals surface area contributed by atoms with Crippen LogP contribution < -0.4 is 4.72 Å². The number of benzene rings is 1. The Balaban J connectivity index is 2.62. The smallest absolute Gasteiger partial charge is 0.208 e. The van der Waals surface area contributed by atoms with Crippen molar-refractivity contribution in [1.82, 2.24) is 4.72 Å². The average molecular weight is 309 g/mol. The molecule has 3 nitrogen and oxygen atoms in total. The predicted octanol–water partition coefficient (Wildman–Crippen LogP) is 4.19. The summed E-state index contributed by atoms with van der Waals surface area (Å²) >= 11 is 0. The molecule has 0 amide bonds. The third kappa shape index (κ3) is 6.44. The van der Waals surface area contributed by atoms with Crippen LogP contribution in [0.25, 0.3) is 0 Å². The lowest BCUT2D eigenvalue weighted by molar-refractivity contribution is 0.541. The summed E-state index contributed by atoms with van der Waals surface area (Å²) in [6.07, 6.45) is 9.18. The Morgan fingerprint density at radius 2 is 1.81 bits per heavy atom. The number of hydrogen-bond acceptors (Lipinski definition) is 2. The summed E-state index contributed by atoms with van der Waals surface area (Å²) in [6, 6.07) is 6.90. The summed E-state index contributed by atoms with van der Waals surface area (Å²) in [7, 11) is -3.42. The van der Waals surface area contributed by atoms with Crippen LogP contribution in [-0.2, 0) is 10.0 Å². The number of rotatable bonds is 9. The van der Waals surface area contributed by atoms with Crippen LogP contribution in [0.5, 0.6) is 0 Å². The number of nitrogens with one attached hydrogen (secondary N) is 1. The summed E-state index contributed by atoms with van der Waals surface area (Å²) in [5, 5.41) is 0. The van der Waals surface area contributed by atoms with Gasteiger partial charge in [-0.15, -0.1) is 0 Å². The van der Waals surface area contributed by atoms with Gasteiger partial charge in [-0.25, -0.2) is 13.1 Å². The SMILES string of the molecule is CCCC/C=C/CC(CC)NS(=O)(=O)c1ccc(C)cc1. The van der Waals surface area contributed by atoms with Crippen LogP contribution in [-0.4, -0.2) is 14.5 Å². The summed E-state index contributed by atoms with van der Waals surface area (Å²) in [5.74, 6) is 0. The number of aryl methyl sites for hydroxylation is 1. The molecule has 1 aromatic rings. The second-order valence-electron chi connectivity index (χ2n) is 5.39. The summed E-state index contributed by atoms with van der Waals surface area (Å²) in [5.41, 5.74) is 1.06. The number of unbranched alkanes of at least 4 members (excludes halogenated alkanes) is 2. The minimum absolute atomic E-state index is 0.0471. The molecule has 0 aliphatic carbocycles. The van der Waals surface area contributed by atoms with Gasteiger partial charge in [0.05, 0.1) is 4.90 Å². The first-order valence-electron chi connectivity index (χ1n) is 7.73. The zero-order valence-corrected chi connectivity index (χ0v) is 14.1. The number of allylic oxidation sites excluding steroid dienone is 1. The van der Waals surface area contributed by atoms with Gasteiger partial charge in [-0.05, 0) is 38.3 Å². The van der Waals surface area contributed by atoms with E-state index in [0.29, 0.717) is 4.90 Å². The molecular formula is C17H27NO2S. The first-order valence-corrected chi connectivity index (χ1v) is 9.22. The first kappa shape index (κ1) is 17.9. The molecule has 1 N–H and O–H groups in total. The van der Waals surface area contributed by atoms with Crippen LogP contribution in [0.4, 0.5) is 0 Å². The topological polar surface area (TPSA) is 46.2 Å². The van der Waals surface area contributed by atoms with Gasteiger partial charge in [0.15, 0.2) is 0 Å². The molecule has 4 heteroatoms. The molecule has 0 bridgehead atoms. The van der Waals surface area contributed by atoms with Crippen molar-refractivity contribution in [3.8, 4) is 0 Å². The Morgan fingerprint density at radius 3 is 2.38 bits per heavy atom.